The van der Waals surface area contributed by atoms with Crippen molar-refractivity contribution in [3.8, 4) is 0 Å². The summed E-state index contributed by atoms with van der Waals surface area (Å²) in [5.74, 6) is 0. The van der Waals surface area contributed by atoms with Crippen LogP contribution in [-0.4, -0.2) is 10.8 Å². The molecule has 29 heavy (non-hydrogen) atoms. The van der Waals surface area contributed by atoms with Crippen molar-refractivity contribution in [1.29, 1.82) is 0 Å². The molecule has 4 rings (SSSR count). The Kier molecular flexibility index (Phi) is 5.05. The van der Waals surface area contributed by atoms with Gasteiger partial charge in [0.15, 0.2) is 0 Å². The van der Waals surface area contributed by atoms with E-state index in [1.807, 2.05) is 121 Å². The van der Waals surface area contributed by atoms with E-state index < -0.39 is 12.3 Å². The molecular weight excluding hydrogens is 375 g/mol. The van der Waals surface area contributed by atoms with Crippen molar-refractivity contribution in [3.05, 3.63) is 127 Å². The minimum absolute atomic E-state index is 0.430. The zero-order valence-corrected chi connectivity index (χ0v) is 17.0. The quantitative estimate of drug-likeness (QED) is 0.442. The molecule has 2 nitrogen and oxygen atoms in total. The molecule has 144 valence electrons. The van der Waals surface area contributed by atoms with Crippen LogP contribution in [0, 0.1) is 0 Å². The molecule has 0 aliphatic carbocycles. The average molecular weight is 398 g/mol. The minimum atomic E-state index is -3.90. The van der Waals surface area contributed by atoms with Gasteiger partial charge in [-0.3, -0.25) is 0 Å². The zero-order valence-electron chi connectivity index (χ0n) is 16.1. The number of carbonyl (C=O) groups is 1. The second-order valence-electron chi connectivity index (χ2n) is 7.24. The summed E-state index contributed by atoms with van der Waals surface area (Å²) in [6.07, 6.45) is 0.430. The van der Waals surface area contributed by atoms with Crippen LogP contribution in [0.1, 0.15) is 5.56 Å². The second-order valence-corrected chi connectivity index (χ2v) is 12.1. The first-order valence-corrected chi connectivity index (χ1v) is 12.1. The van der Waals surface area contributed by atoms with Crippen LogP contribution in [0.3, 0.4) is 0 Å². The summed E-state index contributed by atoms with van der Waals surface area (Å²) in [6.45, 7) is -3.90. The van der Waals surface area contributed by atoms with Crippen molar-refractivity contribution < 1.29 is 9.90 Å². The third-order valence-corrected chi connectivity index (χ3v) is 11.9. The Morgan fingerprint density at radius 3 is 1.17 bits per heavy atom. The van der Waals surface area contributed by atoms with Gasteiger partial charge in [-0.1, -0.05) is 0 Å². The van der Waals surface area contributed by atoms with Crippen LogP contribution in [0.25, 0.3) is 0 Å². The molecule has 0 aromatic heterocycles. The van der Waals surface area contributed by atoms with E-state index in [4.69, 9.17) is 0 Å². The molecule has 0 bridgehead atoms. The van der Waals surface area contributed by atoms with E-state index in [1.165, 1.54) is 0 Å². The van der Waals surface area contributed by atoms with Crippen molar-refractivity contribution in [2.24, 2.45) is 0 Å². The summed E-state index contributed by atoms with van der Waals surface area (Å²) >= 11 is 0. The molecule has 0 aliphatic rings. The zero-order chi connectivity index (χ0) is 20.2. The Morgan fingerprint density at radius 2 is 0.862 bits per heavy atom. The van der Waals surface area contributed by atoms with Gasteiger partial charge in [0, 0.05) is 0 Å². The fraction of sp³-hybridized carbons (Fsp3) is 0.0385. The molecule has 0 heterocycles. The Balaban J connectivity index is 2.21. The fourth-order valence-electron chi connectivity index (χ4n) is 4.34. The van der Waals surface area contributed by atoms with Crippen molar-refractivity contribution in [1.82, 2.24) is 0 Å². The summed E-state index contributed by atoms with van der Waals surface area (Å²) in [4.78, 5) is 13.6. The monoisotopic (exact) mass is 398 g/mol. The van der Waals surface area contributed by atoms with Gasteiger partial charge in [-0.2, -0.15) is 0 Å². The van der Waals surface area contributed by atoms with Gasteiger partial charge in [-0.05, 0) is 0 Å². The molecule has 0 fully saturated rings. The van der Waals surface area contributed by atoms with Gasteiger partial charge in [0.1, 0.15) is 0 Å². The molecule has 0 unspecified atom stereocenters. The van der Waals surface area contributed by atoms with Crippen LogP contribution < -0.4 is 15.9 Å². The molecule has 0 spiro atoms. The molecular formula is C26H23O2P. The molecule has 3 heteroatoms. The molecule has 1 N–H and O–H groups in total. The first kappa shape index (κ1) is 19.1. The van der Waals surface area contributed by atoms with E-state index in [0.29, 0.717) is 6.16 Å². The maximum absolute atomic E-state index is 13.6. The molecule has 0 saturated heterocycles. The van der Waals surface area contributed by atoms with E-state index >= 15 is 0 Å². The predicted octanol–water partition coefficient (Wildman–Crippen LogP) is 5.39. The van der Waals surface area contributed by atoms with Crippen LogP contribution in [0.4, 0.5) is 4.79 Å². The maximum atomic E-state index is 13.6. The van der Waals surface area contributed by atoms with Gasteiger partial charge in [-0.25, -0.2) is 0 Å². The van der Waals surface area contributed by atoms with Crippen LogP contribution in [0.5, 0.6) is 0 Å². The van der Waals surface area contributed by atoms with E-state index in [0.717, 1.165) is 21.5 Å². The molecule has 0 aliphatic heterocycles. The van der Waals surface area contributed by atoms with Crippen LogP contribution in [0.15, 0.2) is 121 Å². The third kappa shape index (κ3) is 2.88. The predicted molar refractivity (Wildman–Crippen MR) is 123 cm³/mol. The Labute approximate surface area is 171 Å². The molecule has 0 atom stereocenters. The number of hydrogen-bond acceptors (Lipinski definition) is 1. The molecule has 4 aromatic rings. The van der Waals surface area contributed by atoms with Crippen molar-refractivity contribution >= 4 is 28.2 Å². The van der Waals surface area contributed by atoms with Gasteiger partial charge in [0.25, 0.3) is 0 Å². The number of benzene rings is 4. The Hall–Kier alpha value is -3.22. The summed E-state index contributed by atoms with van der Waals surface area (Å²) in [7, 11) is 0. The molecule has 0 amide bonds. The molecule has 4 aromatic carbocycles. The van der Waals surface area contributed by atoms with E-state index in [2.05, 4.69) is 0 Å². The van der Waals surface area contributed by atoms with Gasteiger partial charge >= 0.3 is 171 Å². The van der Waals surface area contributed by atoms with E-state index in [9.17, 15) is 9.90 Å². The number of hydrogen-bond donors (Lipinski definition) is 1. The second kappa shape index (κ2) is 7.66. The normalized spacial score (nSPS) is 12.6. The van der Waals surface area contributed by atoms with Gasteiger partial charge in [0.2, 0.25) is 0 Å². The summed E-state index contributed by atoms with van der Waals surface area (Å²) in [5, 5.41) is 13.8. The van der Waals surface area contributed by atoms with Crippen molar-refractivity contribution in [2.75, 3.05) is 0 Å². The Bertz CT molecular complexity index is 995. The van der Waals surface area contributed by atoms with Crippen molar-refractivity contribution in [3.63, 3.8) is 0 Å². The Morgan fingerprint density at radius 1 is 0.552 bits per heavy atom. The first-order valence-electron chi connectivity index (χ1n) is 9.63. The summed E-state index contributed by atoms with van der Waals surface area (Å²) in [5.41, 5.74) is 0.257. The molecule has 0 radical (unpaired) electrons. The first-order chi connectivity index (χ1) is 14.2. The van der Waals surface area contributed by atoms with Crippen LogP contribution in [0.2, 0.25) is 0 Å². The molecule has 0 saturated carbocycles. The topological polar surface area (TPSA) is 37.3 Å². The van der Waals surface area contributed by atoms with Crippen molar-refractivity contribution in [2.45, 2.75) is 6.16 Å². The summed E-state index contributed by atoms with van der Waals surface area (Å²) < 4.78 is 0. The van der Waals surface area contributed by atoms with Crippen LogP contribution >= 0.6 is 6.60 Å². The fourth-order valence-corrected chi connectivity index (χ4v) is 10.0. The third-order valence-electron chi connectivity index (χ3n) is 5.74. The van der Waals surface area contributed by atoms with E-state index in [-0.39, 0.29) is 0 Å². The number of rotatable bonds is 6. The average Bonchev–Trinajstić information content (AvgIpc) is 2.80. The van der Waals surface area contributed by atoms with Gasteiger partial charge < -0.3 is 0 Å². The van der Waals surface area contributed by atoms with Gasteiger partial charge in [0.05, 0.1) is 0 Å². The standard InChI is InChI=1S/C26H23O2P/c27-26(28)29(23-15-7-2-8-16-23,24-17-9-3-10-18-24,25-19-11-4-12-20-25)21-22-13-5-1-6-14-22/h1-20H,21H2,(H,27,28). The van der Waals surface area contributed by atoms with Crippen LogP contribution in [-0.2, 0) is 6.16 Å². The van der Waals surface area contributed by atoms with E-state index in [1.54, 1.807) is 0 Å². The van der Waals surface area contributed by atoms with Gasteiger partial charge in [-0.15, -0.1) is 0 Å². The summed E-state index contributed by atoms with van der Waals surface area (Å²) in [6, 6.07) is 39.3. The SMILES string of the molecule is O=C(O)P(Cc1ccccc1)(c1ccccc1)(c1ccccc1)c1ccccc1. The number of carboxylic acid groups (broad SMARTS) is 1.